The van der Waals surface area contributed by atoms with E-state index in [9.17, 15) is 39.3 Å². The van der Waals surface area contributed by atoms with E-state index in [-0.39, 0.29) is 25.0 Å². The molecule has 13 nitrogen and oxygen atoms in total. The third kappa shape index (κ3) is 8.97. The topological polar surface area (TPSA) is 234 Å². The summed E-state index contributed by atoms with van der Waals surface area (Å²) in [5.74, 6) is -4.67. The van der Waals surface area contributed by atoms with Crippen molar-refractivity contribution in [1.29, 1.82) is 0 Å². The highest BCUT2D eigenvalue weighted by Gasteiger charge is 2.29. The van der Waals surface area contributed by atoms with Gasteiger partial charge in [-0.2, -0.15) is 0 Å². The molecule has 3 unspecified atom stereocenters. The minimum atomic E-state index is -1.53. The maximum absolute atomic E-state index is 12.7. The molecule has 32 heavy (non-hydrogen) atoms. The SMILES string of the molecule is NCC(=O)NC(Cc1ccc(O)cc1)C(=O)NC(CO)C(=O)NC(CCC(N)=O)C(=O)O. The van der Waals surface area contributed by atoms with Crippen LogP contribution in [0, 0.1) is 0 Å². The van der Waals surface area contributed by atoms with Crippen molar-refractivity contribution >= 4 is 29.6 Å². The van der Waals surface area contributed by atoms with Crippen LogP contribution in [0.25, 0.3) is 0 Å². The summed E-state index contributed by atoms with van der Waals surface area (Å²) in [5, 5.41) is 34.8. The summed E-state index contributed by atoms with van der Waals surface area (Å²) in [7, 11) is 0. The van der Waals surface area contributed by atoms with Crippen LogP contribution in [0.3, 0.4) is 0 Å². The first-order valence-electron chi connectivity index (χ1n) is 9.57. The van der Waals surface area contributed by atoms with Crippen molar-refractivity contribution in [2.45, 2.75) is 37.4 Å². The summed E-state index contributed by atoms with van der Waals surface area (Å²) in [6.07, 6.45) is -0.597. The normalized spacial score (nSPS) is 13.3. The number of nitrogens with one attached hydrogen (secondary N) is 3. The molecule has 0 aliphatic heterocycles. The van der Waals surface area contributed by atoms with Crippen LogP contribution in [0.15, 0.2) is 24.3 Å². The summed E-state index contributed by atoms with van der Waals surface area (Å²) in [6, 6.07) is 1.64. The van der Waals surface area contributed by atoms with Crippen molar-refractivity contribution in [2.24, 2.45) is 11.5 Å². The highest BCUT2D eigenvalue weighted by molar-refractivity contribution is 5.93. The predicted octanol–water partition coefficient (Wildman–Crippen LogP) is -3.31. The quantitative estimate of drug-likeness (QED) is 0.149. The van der Waals surface area contributed by atoms with Gasteiger partial charge >= 0.3 is 5.97 Å². The third-order valence-corrected chi connectivity index (χ3v) is 4.32. The number of aliphatic hydroxyl groups excluding tert-OH is 1. The fourth-order valence-corrected chi connectivity index (χ4v) is 2.61. The predicted molar refractivity (Wildman–Crippen MR) is 110 cm³/mol. The number of carboxylic acid groups (broad SMARTS) is 1. The van der Waals surface area contributed by atoms with Gasteiger partial charge in [-0.15, -0.1) is 0 Å². The first-order valence-corrected chi connectivity index (χ1v) is 9.57. The molecule has 13 heteroatoms. The average Bonchev–Trinajstić information content (AvgIpc) is 2.74. The molecule has 0 heterocycles. The van der Waals surface area contributed by atoms with E-state index in [4.69, 9.17) is 11.5 Å². The number of carboxylic acids is 1. The van der Waals surface area contributed by atoms with Crippen molar-refractivity contribution in [3.63, 3.8) is 0 Å². The van der Waals surface area contributed by atoms with E-state index in [0.29, 0.717) is 5.56 Å². The molecule has 10 N–H and O–H groups in total. The Balaban J connectivity index is 2.89. The molecule has 176 valence electrons. The van der Waals surface area contributed by atoms with Crippen molar-refractivity contribution in [2.75, 3.05) is 13.2 Å². The Hall–Kier alpha value is -3.71. The summed E-state index contributed by atoms with van der Waals surface area (Å²) in [5.41, 5.74) is 10.8. The molecule has 4 amide bonds. The van der Waals surface area contributed by atoms with E-state index in [0.717, 1.165) is 0 Å². The molecule has 0 aliphatic rings. The fraction of sp³-hybridized carbons (Fsp3) is 0.421. The Morgan fingerprint density at radius 3 is 1.97 bits per heavy atom. The molecule has 0 saturated carbocycles. The maximum atomic E-state index is 12.7. The zero-order chi connectivity index (χ0) is 24.3. The van der Waals surface area contributed by atoms with Gasteiger partial charge in [0.05, 0.1) is 13.2 Å². The monoisotopic (exact) mass is 453 g/mol. The number of benzene rings is 1. The number of primary amides is 1. The summed E-state index contributed by atoms with van der Waals surface area (Å²) < 4.78 is 0. The Morgan fingerprint density at radius 1 is 0.906 bits per heavy atom. The number of aromatic hydroxyl groups is 1. The summed E-state index contributed by atoms with van der Waals surface area (Å²) >= 11 is 0. The largest absolute Gasteiger partial charge is 0.508 e. The molecule has 1 aromatic carbocycles. The van der Waals surface area contributed by atoms with Gasteiger partial charge in [-0.25, -0.2) is 4.79 Å². The maximum Gasteiger partial charge on any atom is 0.326 e. The molecule has 1 rings (SSSR count). The fourth-order valence-electron chi connectivity index (χ4n) is 2.61. The minimum Gasteiger partial charge on any atom is -0.508 e. The van der Waals surface area contributed by atoms with Gasteiger partial charge in [-0.05, 0) is 24.1 Å². The second-order valence-electron chi connectivity index (χ2n) is 6.84. The first-order chi connectivity index (χ1) is 15.1. The summed E-state index contributed by atoms with van der Waals surface area (Å²) in [6.45, 7) is -1.26. The van der Waals surface area contributed by atoms with Crippen molar-refractivity contribution in [3.05, 3.63) is 29.8 Å². The molecule has 0 saturated heterocycles. The number of phenols is 1. The molecule has 0 spiro atoms. The van der Waals surface area contributed by atoms with E-state index >= 15 is 0 Å². The van der Waals surface area contributed by atoms with E-state index in [2.05, 4.69) is 16.0 Å². The van der Waals surface area contributed by atoms with Gasteiger partial charge in [0, 0.05) is 12.8 Å². The Kier molecular flexibility index (Phi) is 10.6. The van der Waals surface area contributed by atoms with Crippen LogP contribution < -0.4 is 27.4 Å². The highest BCUT2D eigenvalue weighted by Crippen LogP contribution is 2.11. The highest BCUT2D eigenvalue weighted by atomic mass is 16.4. The number of carbonyl (C=O) groups is 5. The van der Waals surface area contributed by atoms with Crippen molar-refractivity contribution in [1.82, 2.24) is 16.0 Å². The second-order valence-corrected chi connectivity index (χ2v) is 6.84. The molecule has 0 aliphatic carbocycles. The van der Waals surface area contributed by atoms with E-state index in [1.54, 1.807) is 0 Å². The molecular formula is C19H27N5O8. The standard InChI is InChI=1S/C19H27N5O8/c20-8-16(28)22-13(7-10-1-3-11(26)4-2-10)17(29)24-14(9-25)18(30)23-12(19(31)32)5-6-15(21)27/h1-4,12-14,25-26H,5-9,20H2,(H2,21,27)(H,22,28)(H,23,30)(H,24,29)(H,31,32). The van der Waals surface area contributed by atoms with E-state index in [1.165, 1.54) is 24.3 Å². The van der Waals surface area contributed by atoms with Gasteiger partial charge in [-0.1, -0.05) is 12.1 Å². The Morgan fingerprint density at radius 2 is 1.47 bits per heavy atom. The van der Waals surface area contributed by atoms with Crippen LogP contribution in [0.1, 0.15) is 18.4 Å². The minimum absolute atomic E-state index is 0.00193. The molecular weight excluding hydrogens is 426 g/mol. The number of carbonyl (C=O) groups excluding carboxylic acids is 4. The molecule has 1 aromatic rings. The molecule has 3 atom stereocenters. The number of rotatable bonds is 13. The lowest BCUT2D eigenvalue weighted by molar-refractivity contribution is -0.143. The summed E-state index contributed by atoms with van der Waals surface area (Å²) in [4.78, 5) is 58.9. The number of amides is 4. The van der Waals surface area contributed by atoms with Gasteiger partial charge in [0.15, 0.2) is 0 Å². The zero-order valence-corrected chi connectivity index (χ0v) is 17.1. The van der Waals surface area contributed by atoms with Gasteiger partial charge in [-0.3, -0.25) is 19.2 Å². The van der Waals surface area contributed by atoms with Crippen LogP contribution in [0.2, 0.25) is 0 Å². The van der Waals surface area contributed by atoms with Crippen molar-refractivity contribution in [3.8, 4) is 5.75 Å². The van der Waals surface area contributed by atoms with Gasteiger partial charge in [0.1, 0.15) is 23.9 Å². The number of phenolic OH excluding ortho intramolecular Hbond substituents is 1. The van der Waals surface area contributed by atoms with E-state index < -0.39 is 60.9 Å². The van der Waals surface area contributed by atoms with Crippen molar-refractivity contribution < 1.29 is 39.3 Å². The number of aliphatic carboxylic acids is 1. The van der Waals surface area contributed by atoms with Crippen LogP contribution in [0.5, 0.6) is 5.75 Å². The zero-order valence-electron chi connectivity index (χ0n) is 17.1. The van der Waals surface area contributed by atoms with E-state index in [1.807, 2.05) is 0 Å². The first kappa shape index (κ1) is 26.3. The van der Waals surface area contributed by atoms with Gasteiger partial charge < -0.3 is 42.7 Å². The lowest BCUT2D eigenvalue weighted by atomic mass is 10.0. The van der Waals surface area contributed by atoms with Crippen LogP contribution in [0.4, 0.5) is 0 Å². The average molecular weight is 453 g/mol. The Labute approximate surface area is 183 Å². The van der Waals surface area contributed by atoms with Gasteiger partial charge in [0.25, 0.3) is 0 Å². The van der Waals surface area contributed by atoms with Crippen LogP contribution >= 0.6 is 0 Å². The third-order valence-electron chi connectivity index (χ3n) is 4.32. The second kappa shape index (κ2) is 12.9. The number of nitrogens with two attached hydrogens (primary N) is 2. The molecule has 0 aromatic heterocycles. The smallest absolute Gasteiger partial charge is 0.326 e. The lowest BCUT2D eigenvalue weighted by Gasteiger charge is -2.23. The lowest BCUT2D eigenvalue weighted by Crippen LogP contribution is -2.57. The number of aliphatic hydroxyl groups is 1. The molecule has 0 fully saturated rings. The molecule has 0 bridgehead atoms. The Bertz CT molecular complexity index is 830. The molecule has 0 radical (unpaired) electrons. The van der Waals surface area contributed by atoms with Gasteiger partial charge in [0.2, 0.25) is 23.6 Å². The van der Waals surface area contributed by atoms with Crippen LogP contribution in [-0.2, 0) is 30.4 Å². The van der Waals surface area contributed by atoms with Crippen LogP contribution in [-0.4, -0.2) is 76.2 Å². The number of hydrogen-bond acceptors (Lipinski definition) is 8. The number of hydrogen-bond donors (Lipinski definition) is 8.